The summed E-state index contributed by atoms with van der Waals surface area (Å²) < 4.78 is 65.2. The third-order valence-corrected chi connectivity index (χ3v) is 2.90. The minimum Gasteiger partial charge on any atom is -0.294 e. The number of Topliss-reactive ketones (excluding diaryl/α,β-unsaturated/α-hetero) is 1. The van der Waals surface area contributed by atoms with E-state index in [-0.39, 0.29) is 11.1 Å². The Morgan fingerprint density at radius 2 is 1.48 bits per heavy atom. The van der Waals surface area contributed by atoms with Crippen LogP contribution in [0, 0.1) is 11.6 Å². The van der Waals surface area contributed by atoms with Crippen molar-refractivity contribution >= 4 is 5.78 Å². The van der Waals surface area contributed by atoms with Crippen LogP contribution in [0.1, 0.15) is 22.8 Å². The maximum absolute atomic E-state index is 13.1. The lowest BCUT2D eigenvalue weighted by Crippen LogP contribution is -2.11. The van der Waals surface area contributed by atoms with Crippen LogP contribution >= 0.6 is 0 Å². The Bertz CT molecular complexity index is 683. The Kier molecular flexibility index (Phi) is 3.80. The Labute approximate surface area is 117 Å². The monoisotopic (exact) mass is 300 g/mol. The first kappa shape index (κ1) is 15.2. The number of ketones is 1. The number of carbonyl (C=O) groups excluding carboxylic acids is 1. The van der Waals surface area contributed by atoms with Crippen molar-refractivity contribution in [2.24, 2.45) is 0 Å². The number of hydrogen-bond donors (Lipinski definition) is 0. The first-order chi connectivity index (χ1) is 9.68. The molecule has 0 unspecified atom stereocenters. The topological polar surface area (TPSA) is 17.1 Å². The van der Waals surface area contributed by atoms with Crippen molar-refractivity contribution in [2.45, 2.75) is 13.1 Å². The number of rotatable bonds is 2. The average Bonchev–Trinajstić information content (AvgIpc) is 2.35. The minimum atomic E-state index is -4.73. The first-order valence-electron chi connectivity index (χ1n) is 5.87. The van der Waals surface area contributed by atoms with E-state index in [0.29, 0.717) is 12.1 Å². The molecule has 0 aliphatic rings. The summed E-state index contributed by atoms with van der Waals surface area (Å²) >= 11 is 0. The second-order valence-electron chi connectivity index (χ2n) is 4.47. The van der Waals surface area contributed by atoms with Gasteiger partial charge in [0.25, 0.3) is 0 Å². The van der Waals surface area contributed by atoms with E-state index in [2.05, 4.69) is 0 Å². The SMILES string of the molecule is CC(=O)c1ccc(-c2cc(F)cc(F)c2)cc1C(F)(F)F. The lowest BCUT2D eigenvalue weighted by atomic mass is 9.97. The van der Waals surface area contributed by atoms with Crippen molar-refractivity contribution in [3.05, 3.63) is 59.2 Å². The first-order valence-corrected chi connectivity index (χ1v) is 5.87. The highest BCUT2D eigenvalue weighted by molar-refractivity contribution is 5.96. The van der Waals surface area contributed by atoms with Gasteiger partial charge in [-0.3, -0.25) is 4.79 Å². The molecule has 1 nitrogen and oxygen atoms in total. The van der Waals surface area contributed by atoms with Gasteiger partial charge in [-0.05, 0) is 36.2 Å². The summed E-state index contributed by atoms with van der Waals surface area (Å²) in [5.41, 5.74) is -1.67. The maximum atomic E-state index is 13.1. The molecule has 0 aromatic heterocycles. The van der Waals surface area contributed by atoms with Crippen LogP contribution in [-0.2, 0) is 6.18 Å². The van der Waals surface area contributed by atoms with Gasteiger partial charge in [-0.2, -0.15) is 13.2 Å². The lowest BCUT2D eigenvalue weighted by Gasteiger charge is -2.13. The van der Waals surface area contributed by atoms with E-state index in [0.717, 1.165) is 25.1 Å². The molecule has 0 radical (unpaired) electrons. The molecule has 0 atom stereocenters. The molecular weight excluding hydrogens is 291 g/mol. The van der Waals surface area contributed by atoms with Gasteiger partial charge in [0.2, 0.25) is 0 Å². The molecule has 0 saturated carbocycles. The summed E-state index contributed by atoms with van der Waals surface area (Å²) in [6.45, 7) is 1.02. The largest absolute Gasteiger partial charge is 0.417 e. The molecule has 6 heteroatoms. The van der Waals surface area contributed by atoms with E-state index in [9.17, 15) is 26.7 Å². The number of hydrogen-bond acceptors (Lipinski definition) is 1. The molecule has 21 heavy (non-hydrogen) atoms. The van der Waals surface area contributed by atoms with Crippen molar-refractivity contribution < 1.29 is 26.7 Å². The van der Waals surface area contributed by atoms with E-state index in [1.54, 1.807) is 0 Å². The predicted octanol–water partition coefficient (Wildman–Crippen LogP) is 4.85. The van der Waals surface area contributed by atoms with Crippen LogP contribution in [0.3, 0.4) is 0 Å². The van der Waals surface area contributed by atoms with Crippen molar-refractivity contribution in [1.82, 2.24) is 0 Å². The third-order valence-electron chi connectivity index (χ3n) is 2.90. The van der Waals surface area contributed by atoms with Crippen LogP contribution in [0.25, 0.3) is 11.1 Å². The molecule has 0 aliphatic carbocycles. The zero-order valence-electron chi connectivity index (χ0n) is 10.8. The molecule has 0 heterocycles. The highest BCUT2D eigenvalue weighted by Crippen LogP contribution is 2.35. The summed E-state index contributed by atoms with van der Waals surface area (Å²) in [4.78, 5) is 11.2. The van der Waals surface area contributed by atoms with Crippen molar-refractivity contribution in [1.29, 1.82) is 0 Å². The van der Waals surface area contributed by atoms with E-state index >= 15 is 0 Å². The minimum absolute atomic E-state index is 0.0225. The van der Waals surface area contributed by atoms with E-state index in [1.807, 2.05) is 0 Å². The van der Waals surface area contributed by atoms with Crippen LogP contribution in [0.15, 0.2) is 36.4 Å². The summed E-state index contributed by atoms with van der Waals surface area (Å²) in [7, 11) is 0. The zero-order valence-corrected chi connectivity index (χ0v) is 10.8. The van der Waals surface area contributed by atoms with Gasteiger partial charge in [-0.15, -0.1) is 0 Å². The number of alkyl halides is 3. The van der Waals surface area contributed by atoms with E-state index in [4.69, 9.17) is 0 Å². The van der Waals surface area contributed by atoms with Crippen LogP contribution in [0.5, 0.6) is 0 Å². The molecule has 110 valence electrons. The fourth-order valence-electron chi connectivity index (χ4n) is 1.99. The van der Waals surface area contributed by atoms with Gasteiger partial charge >= 0.3 is 6.18 Å². The fourth-order valence-corrected chi connectivity index (χ4v) is 1.99. The maximum Gasteiger partial charge on any atom is 0.417 e. The second kappa shape index (κ2) is 5.27. The van der Waals surface area contributed by atoms with Crippen LogP contribution in [-0.4, -0.2) is 5.78 Å². The summed E-state index contributed by atoms with van der Waals surface area (Å²) in [5.74, 6) is -2.53. The fraction of sp³-hybridized carbons (Fsp3) is 0.133. The normalized spacial score (nSPS) is 11.5. The van der Waals surface area contributed by atoms with Gasteiger partial charge in [-0.1, -0.05) is 12.1 Å². The van der Waals surface area contributed by atoms with Crippen LogP contribution < -0.4 is 0 Å². The molecule has 0 N–H and O–H groups in total. The van der Waals surface area contributed by atoms with Crippen molar-refractivity contribution in [3.8, 4) is 11.1 Å². The van der Waals surface area contributed by atoms with Gasteiger partial charge in [-0.25, -0.2) is 8.78 Å². The van der Waals surface area contributed by atoms with Gasteiger partial charge < -0.3 is 0 Å². The van der Waals surface area contributed by atoms with Gasteiger partial charge in [0.1, 0.15) is 11.6 Å². The van der Waals surface area contributed by atoms with Crippen LogP contribution in [0.4, 0.5) is 22.0 Å². The Morgan fingerprint density at radius 3 is 1.95 bits per heavy atom. The molecule has 2 rings (SSSR count). The molecule has 0 fully saturated rings. The summed E-state index contributed by atoms with van der Waals surface area (Å²) in [5, 5.41) is 0. The zero-order chi connectivity index (χ0) is 15.8. The molecule has 0 aliphatic heterocycles. The summed E-state index contributed by atoms with van der Waals surface area (Å²) in [6, 6.07) is 5.41. The number of benzene rings is 2. The Balaban J connectivity index is 2.64. The standard InChI is InChI=1S/C15H9F5O/c1-8(21)13-3-2-9(6-14(13)15(18,19)20)10-4-11(16)7-12(17)5-10/h2-7H,1H3. The summed E-state index contributed by atoms with van der Waals surface area (Å²) in [6.07, 6.45) is -4.73. The molecule has 2 aromatic carbocycles. The van der Waals surface area contributed by atoms with E-state index in [1.165, 1.54) is 6.07 Å². The highest BCUT2D eigenvalue weighted by Gasteiger charge is 2.34. The average molecular weight is 300 g/mol. The molecule has 0 saturated heterocycles. The highest BCUT2D eigenvalue weighted by atomic mass is 19.4. The van der Waals surface area contributed by atoms with Gasteiger partial charge in [0, 0.05) is 11.6 Å². The van der Waals surface area contributed by atoms with Crippen molar-refractivity contribution in [3.63, 3.8) is 0 Å². The Hall–Kier alpha value is -2.24. The van der Waals surface area contributed by atoms with Crippen LogP contribution in [0.2, 0.25) is 0 Å². The van der Waals surface area contributed by atoms with E-state index < -0.39 is 34.7 Å². The molecule has 0 bridgehead atoms. The Morgan fingerprint density at radius 1 is 0.905 bits per heavy atom. The quantitative estimate of drug-likeness (QED) is 0.572. The molecule has 2 aromatic rings. The van der Waals surface area contributed by atoms with Gasteiger partial charge in [0.05, 0.1) is 5.56 Å². The third kappa shape index (κ3) is 3.26. The number of carbonyl (C=O) groups is 1. The molecule has 0 amide bonds. The van der Waals surface area contributed by atoms with Crippen molar-refractivity contribution in [2.75, 3.05) is 0 Å². The smallest absolute Gasteiger partial charge is 0.294 e. The predicted molar refractivity (Wildman–Crippen MR) is 66.8 cm³/mol. The molecule has 0 spiro atoms. The number of halogens is 5. The lowest BCUT2D eigenvalue weighted by molar-refractivity contribution is -0.137. The molecular formula is C15H9F5O. The second-order valence-corrected chi connectivity index (χ2v) is 4.47. The van der Waals surface area contributed by atoms with Gasteiger partial charge in [0.15, 0.2) is 5.78 Å².